The number of rotatable bonds is 34. The van der Waals surface area contributed by atoms with Crippen LogP contribution in [0, 0.1) is 0 Å². The molecule has 2 atom stereocenters. The molecule has 0 aromatic heterocycles. The number of ether oxygens (including phenoxy) is 3. The van der Waals surface area contributed by atoms with Gasteiger partial charge in [0.15, 0.2) is 12.1 Å². The maximum absolute atomic E-state index is 12.5. The van der Waals surface area contributed by atoms with Gasteiger partial charge in [0, 0.05) is 19.3 Å². The predicted molar refractivity (Wildman–Crippen MR) is 201 cm³/mol. The number of nitrogens with zero attached hydrogens (tertiary/aromatic N) is 1. The number of allylic oxidation sites excluding steroid dienone is 6. The second kappa shape index (κ2) is 32.7. The van der Waals surface area contributed by atoms with Crippen LogP contribution in [-0.2, 0) is 28.6 Å². The van der Waals surface area contributed by atoms with Crippen molar-refractivity contribution < 1.29 is 38.2 Å². The number of carbonyl (C=O) groups excluding carboxylic acids is 2. The average molecular weight is 693 g/mol. The van der Waals surface area contributed by atoms with E-state index in [2.05, 4.69) is 38.2 Å². The molecule has 0 saturated carbocycles. The van der Waals surface area contributed by atoms with Gasteiger partial charge in [-0.3, -0.25) is 9.59 Å². The Bertz CT molecular complexity index is 906. The first-order chi connectivity index (χ1) is 23.6. The topological polar surface area (TPSA) is 99.1 Å². The van der Waals surface area contributed by atoms with Crippen molar-refractivity contribution in [2.75, 3.05) is 41.0 Å². The van der Waals surface area contributed by atoms with Crippen LogP contribution in [-0.4, -0.2) is 80.6 Å². The highest BCUT2D eigenvalue weighted by Crippen LogP contribution is 2.13. The minimum atomic E-state index is -0.886. The summed E-state index contributed by atoms with van der Waals surface area (Å²) in [6.07, 6.45) is 35.2. The third-order valence-electron chi connectivity index (χ3n) is 8.54. The molecule has 0 rings (SSSR count). The first kappa shape index (κ1) is 46.5. The second-order valence-corrected chi connectivity index (χ2v) is 14.1. The van der Waals surface area contributed by atoms with Gasteiger partial charge in [-0.05, 0) is 51.4 Å². The first-order valence-electron chi connectivity index (χ1n) is 19.5. The van der Waals surface area contributed by atoms with Crippen LogP contribution in [0.5, 0.6) is 0 Å². The molecule has 0 aliphatic rings. The van der Waals surface area contributed by atoms with Crippen molar-refractivity contribution in [3.8, 4) is 0 Å². The molecule has 0 aromatic rings. The largest absolute Gasteiger partial charge is 0.477 e. The summed E-state index contributed by atoms with van der Waals surface area (Å²) in [6, 6.07) is -0.622. The summed E-state index contributed by atoms with van der Waals surface area (Å²) in [5.74, 6) is -1.58. The summed E-state index contributed by atoms with van der Waals surface area (Å²) in [4.78, 5) is 36.6. The van der Waals surface area contributed by atoms with Gasteiger partial charge >= 0.3 is 17.9 Å². The lowest BCUT2D eigenvalue weighted by molar-refractivity contribution is -0.887. The third kappa shape index (κ3) is 31.3. The molecule has 8 nitrogen and oxygen atoms in total. The molecule has 0 fully saturated rings. The smallest absolute Gasteiger partial charge is 0.362 e. The molecule has 0 bridgehead atoms. The molecular formula is C41H74NO7+. The quantitative estimate of drug-likeness (QED) is 0.0310. The molecule has 0 saturated heterocycles. The Kier molecular flexibility index (Phi) is 31.1. The van der Waals surface area contributed by atoms with E-state index in [4.69, 9.17) is 14.2 Å². The fraction of sp³-hybridized carbons (Fsp3) is 0.780. The van der Waals surface area contributed by atoms with E-state index < -0.39 is 18.1 Å². The van der Waals surface area contributed by atoms with Gasteiger partial charge in [-0.1, -0.05) is 121 Å². The normalized spacial score (nSPS) is 13.4. The van der Waals surface area contributed by atoms with E-state index in [1.807, 2.05) is 33.3 Å². The Hall–Kier alpha value is -2.45. The molecular weight excluding hydrogens is 618 g/mol. The number of aliphatic carboxylic acids is 1. The molecule has 2 unspecified atom stereocenters. The standard InChI is InChI=1S/C41H73NO7/c1-6-8-10-12-14-15-16-17-18-19-20-21-22-23-24-26-27-29-31-39(43)48-36-37(35-47-34-33-38(41(45)46)42(3,4)5)49-40(44)32-30-28-25-13-11-9-7-2/h9,11,20-21,25,28,37-38H,6-8,10,12-19,22-24,26-27,29-36H2,1-5H3/p+1/b11-9+,21-20+,28-25+. The highest BCUT2D eigenvalue weighted by Gasteiger charge is 2.31. The summed E-state index contributed by atoms with van der Waals surface area (Å²) in [5, 5.41) is 9.55. The van der Waals surface area contributed by atoms with Crippen LogP contribution in [0.15, 0.2) is 36.5 Å². The number of carboxylic acid groups (broad SMARTS) is 1. The van der Waals surface area contributed by atoms with Crippen molar-refractivity contribution in [3.05, 3.63) is 36.5 Å². The van der Waals surface area contributed by atoms with Gasteiger partial charge in [0.1, 0.15) is 6.61 Å². The summed E-state index contributed by atoms with van der Waals surface area (Å²) in [7, 11) is 5.49. The van der Waals surface area contributed by atoms with Crippen LogP contribution >= 0.6 is 0 Å². The van der Waals surface area contributed by atoms with Crippen LogP contribution in [0.25, 0.3) is 0 Å². The number of likely N-dealkylation sites (N-methyl/N-ethyl adjacent to an activating group) is 1. The van der Waals surface area contributed by atoms with E-state index in [0.29, 0.717) is 19.3 Å². The van der Waals surface area contributed by atoms with Gasteiger partial charge in [-0.25, -0.2) is 4.79 Å². The Balaban J connectivity index is 4.29. The lowest BCUT2D eigenvalue weighted by Gasteiger charge is -2.31. The van der Waals surface area contributed by atoms with Crippen LogP contribution in [0.2, 0.25) is 0 Å². The van der Waals surface area contributed by atoms with Crippen molar-refractivity contribution in [2.45, 2.75) is 167 Å². The molecule has 0 radical (unpaired) electrons. The minimum absolute atomic E-state index is 0.0355. The van der Waals surface area contributed by atoms with E-state index in [1.165, 1.54) is 70.6 Å². The van der Waals surface area contributed by atoms with Crippen LogP contribution < -0.4 is 0 Å². The average Bonchev–Trinajstić information content (AvgIpc) is 3.05. The summed E-state index contributed by atoms with van der Waals surface area (Å²) in [5.41, 5.74) is 0. The molecule has 1 N–H and O–H groups in total. The van der Waals surface area contributed by atoms with Gasteiger partial charge < -0.3 is 23.8 Å². The Labute approximate surface area is 300 Å². The SMILES string of the molecule is CC/C=C/C/C=C/CCC(=O)OC(COCCC(C(=O)O)[N+](C)(C)C)COC(=O)CCCCCCC/C=C/CCCCCCCCCCC. The van der Waals surface area contributed by atoms with Gasteiger partial charge in [-0.2, -0.15) is 0 Å². The monoisotopic (exact) mass is 693 g/mol. The van der Waals surface area contributed by atoms with E-state index >= 15 is 0 Å². The number of esters is 2. The number of hydrogen-bond acceptors (Lipinski definition) is 6. The maximum Gasteiger partial charge on any atom is 0.362 e. The molecule has 0 spiro atoms. The van der Waals surface area contributed by atoms with Crippen molar-refractivity contribution in [1.29, 1.82) is 0 Å². The fourth-order valence-electron chi connectivity index (χ4n) is 5.50. The van der Waals surface area contributed by atoms with E-state index in [-0.39, 0.29) is 42.7 Å². The summed E-state index contributed by atoms with van der Waals surface area (Å²) < 4.78 is 17.0. The fourth-order valence-corrected chi connectivity index (χ4v) is 5.50. The molecule has 49 heavy (non-hydrogen) atoms. The van der Waals surface area contributed by atoms with Crippen LogP contribution in [0.4, 0.5) is 0 Å². The summed E-state index contributed by atoms with van der Waals surface area (Å²) in [6.45, 7) is 4.50. The predicted octanol–water partition coefficient (Wildman–Crippen LogP) is 9.91. The van der Waals surface area contributed by atoms with E-state index in [1.54, 1.807) is 0 Å². The molecule has 0 aliphatic carbocycles. The molecule has 8 heteroatoms. The number of hydrogen-bond donors (Lipinski definition) is 1. The van der Waals surface area contributed by atoms with Gasteiger partial charge in [-0.15, -0.1) is 0 Å². The highest BCUT2D eigenvalue weighted by molar-refractivity contribution is 5.72. The summed E-state index contributed by atoms with van der Waals surface area (Å²) >= 11 is 0. The number of carboxylic acids is 1. The molecule has 0 amide bonds. The second-order valence-electron chi connectivity index (χ2n) is 14.1. The molecule has 0 aromatic carbocycles. The Morgan fingerprint density at radius 1 is 0.633 bits per heavy atom. The Morgan fingerprint density at radius 3 is 1.76 bits per heavy atom. The lowest BCUT2D eigenvalue weighted by Crippen LogP contribution is -2.50. The zero-order valence-electron chi connectivity index (χ0n) is 32.1. The number of unbranched alkanes of at least 4 members (excludes halogenated alkanes) is 14. The number of carbonyl (C=O) groups is 3. The van der Waals surface area contributed by atoms with Gasteiger partial charge in [0.2, 0.25) is 0 Å². The van der Waals surface area contributed by atoms with E-state index in [0.717, 1.165) is 44.9 Å². The van der Waals surface area contributed by atoms with Gasteiger partial charge in [0.25, 0.3) is 0 Å². The van der Waals surface area contributed by atoms with Crippen molar-refractivity contribution in [1.82, 2.24) is 0 Å². The molecule has 0 heterocycles. The lowest BCUT2D eigenvalue weighted by atomic mass is 10.1. The third-order valence-corrected chi connectivity index (χ3v) is 8.54. The van der Waals surface area contributed by atoms with E-state index in [9.17, 15) is 19.5 Å². The van der Waals surface area contributed by atoms with Crippen molar-refractivity contribution in [3.63, 3.8) is 0 Å². The van der Waals surface area contributed by atoms with Crippen LogP contribution in [0.3, 0.4) is 0 Å². The minimum Gasteiger partial charge on any atom is -0.477 e. The van der Waals surface area contributed by atoms with Gasteiger partial charge in [0.05, 0.1) is 34.4 Å². The maximum atomic E-state index is 12.5. The van der Waals surface area contributed by atoms with Crippen LogP contribution in [0.1, 0.15) is 155 Å². The number of quaternary nitrogens is 1. The highest BCUT2D eigenvalue weighted by atomic mass is 16.6. The zero-order valence-corrected chi connectivity index (χ0v) is 32.1. The van der Waals surface area contributed by atoms with Crippen molar-refractivity contribution in [2.24, 2.45) is 0 Å². The molecule has 284 valence electrons. The first-order valence-corrected chi connectivity index (χ1v) is 19.5. The zero-order chi connectivity index (χ0) is 36.4. The van der Waals surface area contributed by atoms with Crippen molar-refractivity contribution >= 4 is 17.9 Å². The Morgan fingerprint density at radius 2 is 1.18 bits per heavy atom. The molecule has 0 aliphatic heterocycles.